The van der Waals surface area contributed by atoms with Gasteiger partial charge in [-0.25, -0.2) is 4.79 Å². The molecule has 1 saturated heterocycles. The van der Waals surface area contributed by atoms with E-state index in [4.69, 9.17) is 4.74 Å². The Kier molecular flexibility index (Phi) is 2.26. The van der Waals surface area contributed by atoms with Gasteiger partial charge in [0.2, 0.25) is 0 Å². The summed E-state index contributed by atoms with van der Waals surface area (Å²) in [6, 6.07) is 7.42. The molecule has 0 radical (unpaired) electrons. The van der Waals surface area contributed by atoms with Gasteiger partial charge in [0.25, 0.3) is 0 Å². The van der Waals surface area contributed by atoms with Crippen molar-refractivity contribution in [2.45, 2.75) is 0 Å². The van der Waals surface area contributed by atoms with Gasteiger partial charge in [-0.15, -0.1) is 0 Å². The number of anilines is 1. The van der Waals surface area contributed by atoms with E-state index < -0.39 is 0 Å². The molecule has 0 atom stereocenters. The highest BCUT2D eigenvalue weighted by Gasteiger charge is 2.20. The van der Waals surface area contributed by atoms with Gasteiger partial charge in [-0.05, 0) is 24.3 Å². The van der Waals surface area contributed by atoms with Crippen LogP contribution in [0.3, 0.4) is 0 Å². The Hall–Kier alpha value is -1.71. The molecule has 0 unspecified atom stereocenters. The summed E-state index contributed by atoms with van der Waals surface area (Å²) in [7, 11) is 1.62. The number of amides is 2. The third-order valence-corrected chi connectivity index (χ3v) is 2.24. The lowest BCUT2D eigenvalue weighted by molar-refractivity contribution is 0.252. The molecule has 1 aliphatic heterocycles. The quantitative estimate of drug-likeness (QED) is 0.765. The molecule has 1 fully saturated rings. The van der Waals surface area contributed by atoms with Crippen LogP contribution in [0.2, 0.25) is 0 Å². The Morgan fingerprint density at radius 2 is 2.07 bits per heavy atom. The molecule has 2 amide bonds. The van der Waals surface area contributed by atoms with Crippen LogP contribution in [0.4, 0.5) is 10.5 Å². The summed E-state index contributed by atoms with van der Waals surface area (Å²) in [5, 5.41) is 2.75. The number of hydrogen-bond donors (Lipinski definition) is 1. The largest absolute Gasteiger partial charge is 0.497 e. The number of ether oxygens (including phenoxy) is 1. The van der Waals surface area contributed by atoms with Crippen molar-refractivity contribution < 1.29 is 9.53 Å². The number of nitrogens with one attached hydrogen (secondary N) is 1. The Bertz CT molecular complexity index is 334. The number of rotatable bonds is 2. The molecule has 1 aromatic carbocycles. The summed E-state index contributed by atoms with van der Waals surface area (Å²) in [5.41, 5.74) is 0.904. The van der Waals surface area contributed by atoms with Crippen molar-refractivity contribution in [3.05, 3.63) is 24.3 Å². The second-order valence-electron chi connectivity index (χ2n) is 3.08. The zero-order valence-electron chi connectivity index (χ0n) is 7.99. The highest BCUT2D eigenvalue weighted by molar-refractivity contribution is 5.94. The molecule has 14 heavy (non-hydrogen) atoms. The van der Waals surface area contributed by atoms with Crippen LogP contribution in [0.15, 0.2) is 24.3 Å². The smallest absolute Gasteiger partial charge is 0.321 e. The van der Waals surface area contributed by atoms with Crippen LogP contribution in [-0.4, -0.2) is 26.2 Å². The van der Waals surface area contributed by atoms with E-state index in [0.717, 1.165) is 18.0 Å². The predicted octanol–water partition coefficient (Wildman–Crippen LogP) is 1.22. The number of methoxy groups -OCH3 is 1. The summed E-state index contributed by atoms with van der Waals surface area (Å²) >= 11 is 0. The molecule has 4 heteroatoms. The van der Waals surface area contributed by atoms with Crippen molar-refractivity contribution in [2.75, 3.05) is 25.1 Å². The maximum absolute atomic E-state index is 11.3. The van der Waals surface area contributed by atoms with Crippen LogP contribution in [0.1, 0.15) is 0 Å². The normalized spacial score (nSPS) is 15.5. The van der Waals surface area contributed by atoms with E-state index in [2.05, 4.69) is 5.32 Å². The molecular formula is C10H12N2O2. The molecule has 1 N–H and O–H groups in total. The third kappa shape index (κ3) is 1.51. The maximum atomic E-state index is 11.3. The molecule has 0 aliphatic carbocycles. The first kappa shape index (κ1) is 8.87. The summed E-state index contributed by atoms with van der Waals surface area (Å²) < 4.78 is 5.04. The van der Waals surface area contributed by atoms with Gasteiger partial charge < -0.3 is 10.1 Å². The van der Waals surface area contributed by atoms with Gasteiger partial charge >= 0.3 is 6.03 Å². The minimum atomic E-state index is -0.0323. The number of nitrogens with zero attached hydrogens (tertiary/aromatic N) is 1. The molecule has 1 heterocycles. The standard InChI is InChI=1S/C10H12N2O2/c1-14-9-4-2-8(3-5-9)12-7-6-11-10(12)13/h2-5H,6-7H2,1H3,(H,11,13). The average molecular weight is 192 g/mol. The van der Waals surface area contributed by atoms with Crippen molar-refractivity contribution >= 4 is 11.7 Å². The highest BCUT2D eigenvalue weighted by Crippen LogP contribution is 2.20. The van der Waals surface area contributed by atoms with Gasteiger partial charge in [0.1, 0.15) is 5.75 Å². The van der Waals surface area contributed by atoms with Crippen LogP contribution < -0.4 is 15.0 Å². The molecule has 0 aromatic heterocycles. The first-order valence-corrected chi connectivity index (χ1v) is 4.50. The number of hydrogen-bond acceptors (Lipinski definition) is 2. The van der Waals surface area contributed by atoms with Crippen LogP contribution in [-0.2, 0) is 0 Å². The Balaban J connectivity index is 2.20. The molecule has 2 rings (SSSR count). The van der Waals surface area contributed by atoms with Crippen molar-refractivity contribution in [1.29, 1.82) is 0 Å². The average Bonchev–Trinajstić information content (AvgIpc) is 2.65. The number of carbonyl (C=O) groups excluding carboxylic acids is 1. The van der Waals surface area contributed by atoms with Crippen molar-refractivity contribution in [1.82, 2.24) is 5.32 Å². The summed E-state index contributed by atoms with van der Waals surface area (Å²) in [6.07, 6.45) is 0. The van der Waals surface area contributed by atoms with E-state index in [1.165, 1.54) is 0 Å². The van der Waals surface area contributed by atoms with E-state index >= 15 is 0 Å². The van der Waals surface area contributed by atoms with Crippen LogP contribution in [0, 0.1) is 0 Å². The lowest BCUT2D eigenvalue weighted by Crippen LogP contribution is -2.27. The minimum Gasteiger partial charge on any atom is -0.497 e. The first-order valence-electron chi connectivity index (χ1n) is 4.50. The lowest BCUT2D eigenvalue weighted by Gasteiger charge is -2.14. The third-order valence-electron chi connectivity index (χ3n) is 2.24. The maximum Gasteiger partial charge on any atom is 0.321 e. The van der Waals surface area contributed by atoms with Gasteiger partial charge in [0.15, 0.2) is 0 Å². The molecule has 1 aliphatic rings. The number of benzene rings is 1. The highest BCUT2D eigenvalue weighted by atomic mass is 16.5. The van der Waals surface area contributed by atoms with Crippen LogP contribution in [0.25, 0.3) is 0 Å². The summed E-state index contributed by atoms with van der Waals surface area (Å²) in [5.74, 6) is 0.799. The first-order chi connectivity index (χ1) is 6.81. The molecule has 4 nitrogen and oxygen atoms in total. The van der Waals surface area contributed by atoms with Crippen LogP contribution in [0.5, 0.6) is 5.75 Å². The fourth-order valence-electron chi connectivity index (χ4n) is 1.48. The molecule has 1 aromatic rings. The van der Waals surface area contributed by atoms with E-state index in [1.54, 1.807) is 12.0 Å². The minimum absolute atomic E-state index is 0.0323. The van der Waals surface area contributed by atoms with Gasteiger partial charge in [-0.2, -0.15) is 0 Å². The van der Waals surface area contributed by atoms with E-state index in [-0.39, 0.29) is 6.03 Å². The van der Waals surface area contributed by atoms with Crippen LogP contribution >= 0.6 is 0 Å². The fraction of sp³-hybridized carbons (Fsp3) is 0.300. The van der Waals surface area contributed by atoms with E-state index in [1.807, 2.05) is 24.3 Å². The SMILES string of the molecule is COc1ccc(N2CCNC2=O)cc1. The van der Waals surface area contributed by atoms with E-state index in [9.17, 15) is 4.79 Å². The Morgan fingerprint density at radius 3 is 2.57 bits per heavy atom. The van der Waals surface area contributed by atoms with Gasteiger partial charge in [-0.3, -0.25) is 4.90 Å². The number of urea groups is 1. The molecule has 0 bridgehead atoms. The van der Waals surface area contributed by atoms with Gasteiger partial charge in [-0.1, -0.05) is 0 Å². The second kappa shape index (κ2) is 3.57. The van der Waals surface area contributed by atoms with Gasteiger partial charge in [0.05, 0.1) is 7.11 Å². The van der Waals surface area contributed by atoms with Gasteiger partial charge in [0, 0.05) is 18.8 Å². The lowest BCUT2D eigenvalue weighted by atomic mass is 10.3. The Labute approximate surface area is 82.5 Å². The summed E-state index contributed by atoms with van der Waals surface area (Å²) in [6.45, 7) is 1.44. The zero-order chi connectivity index (χ0) is 9.97. The summed E-state index contributed by atoms with van der Waals surface area (Å²) in [4.78, 5) is 13.0. The topological polar surface area (TPSA) is 41.6 Å². The number of carbonyl (C=O) groups is 1. The molecule has 0 spiro atoms. The fourth-order valence-corrected chi connectivity index (χ4v) is 1.48. The molecule has 74 valence electrons. The Morgan fingerprint density at radius 1 is 1.36 bits per heavy atom. The molecular weight excluding hydrogens is 180 g/mol. The predicted molar refractivity (Wildman–Crippen MR) is 53.7 cm³/mol. The van der Waals surface area contributed by atoms with Crippen molar-refractivity contribution in [3.8, 4) is 5.75 Å². The molecule has 0 saturated carbocycles. The monoisotopic (exact) mass is 192 g/mol. The zero-order valence-corrected chi connectivity index (χ0v) is 7.99. The van der Waals surface area contributed by atoms with Crippen molar-refractivity contribution in [3.63, 3.8) is 0 Å². The van der Waals surface area contributed by atoms with E-state index in [0.29, 0.717) is 6.54 Å². The second-order valence-corrected chi connectivity index (χ2v) is 3.08. The van der Waals surface area contributed by atoms with Crippen molar-refractivity contribution in [2.24, 2.45) is 0 Å².